The molecule has 67 valence electrons. The molecule has 0 aliphatic rings. The third kappa shape index (κ3) is 2.91. The summed E-state index contributed by atoms with van der Waals surface area (Å²) >= 11 is 0. The van der Waals surface area contributed by atoms with Crippen LogP contribution in [0.25, 0.3) is 0 Å². The van der Waals surface area contributed by atoms with E-state index in [4.69, 9.17) is 0 Å². The lowest BCUT2D eigenvalue weighted by molar-refractivity contribution is -0.403. The first-order valence-electron chi connectivity index (χ1n) is 1.98. The van der Waals surface area contributed by atoms with Crippen LogP contribution in [-0.4, -0.2) is 12.3 Å². The first-order chi connectivity index (χ1) is 4.67. The third-order valence-corrected chi connectivity index (χ3v) is 0.535. The van der Waals surface area contributed by atoms with Gasteiger partial charge >= 0.3 is 18.9 Å². The van der Waals surface area contributed by atoms with Crippen LogP contribution >= 0.6 is 0 Å². The minimum Gasteiger partial charge on any atom is -0.241 e. The fraction of sp³-hybridized carbons (Fsp3) is 0.667. The molecule has 8 heteroatoms. The molecular formula is C3F7O. The average Bonchev–Trinajstić information content (AvgIpc) is 1.56. The van der Waals surface area contributed by atoms with E-state index in [-0.39, 0.29) is 0 Å². The molecular weight excluding hydrogens is 185 g/mol. The van der Waals surface area contributed by atoms with Crippen LogP contribution < -0.4 is 0 Å². The van der Waals surface area contributed by atoms with Crippen molar-refractivity contribution in [3.05, 3.63) is 6.61 Å². The van der Waals surface area contributed by atoms with Crippen molar-refractivity contribution in [3.8, 4) is 0 Å². The van der Waals surface area contributed by atoms with Crippen molar-refractivity contribution >= 4 is 0 Å². The molecule has 0 bridgehead atoms. The lowest BCUT2D eigenvalue weighted by Crippen LogP contribution is -2.39. The molecule has 0 unspecified atom stereocenters. The smallest absolute Gasteiger partial charge is 0.241 e. The highest BCUT2D eigenvalue weighted by atomic mass is 19.4. The zero-order valence-electron chi connectivity index (χ0n) is 4.55. The Morgan fingerprint density at radius 1 is 0.909 bits per heavy atom. The fourth-order valence-corrected chi connectivity index (χ4v) is 0.155. The summed E-state index contributed by atoms with van der Waals surface area (Å²) in [6, 6.07) is 0. The molecule has 0 heterocycles. The SMILES string of the molecule is F[C](F)OC(F)(F)C(F)(F)F. The number of alkyl halides is 5. The summed E-state index contributed by atoms with van der Waals surface area (Å²) in [5, 5.41) is 0. The first-order valence-corrected chi connectivity index (χ1v) is 1.98. The van der Waals surface area contributed by atoms with Crippen LogP contribution in [0, 0.1) is 6.61 Å². The van der Waals surface area contributed by atoms with E-state index in [2.05, 4.69) is 0 Å². The van der Waals surface area contributed by atoms with Crippen LogP contribution in [0.2, 0.25) is 0 Å². The van der Waals surface area contributed by atoms with Gasteiger partial charge in [0.15, 0.2) is 0 Å². The molecule has 0 fully saturated rings. The Labute approximate surface area is 55.7 Å². The first kappa shape index (κ1) is 10.5. The Kier molecular flexibility index (Phi) is 2.70. The zero-order chi connectivity index (χ0) is 9.28. The minimum atomic E-state index is -6.13. The number of hydrogen-bond acceptors (Lipinski definition) is 1. The van der Waals surface area contributed by atoms with Gasteiger partial charge in [0, 0.05) is 0 Å². The van der Waals surface area contributed by atoms with Gasteiger partial charge in [0.05, 0.1) is 0 Å². The molecule has 0 aliphatic carbocycles. The molecule has 11 heavy (non-hydrogen) atoms. The van der Waals surface area contributed by atoms with Crippen LogP contribution in [0.15, 0.2) is 0 Å². The second-order valence-electron chi connectivity index (χ2n) is 1.34. The second-order valence-corrected chi connectivity index (χ2v) is 1.34. The minimum absolute atomic E-state index is 1.93. The molecule has 0 N–H and O–H groups in total. The summed E-state index contributed by atoms with van der Waals surface area (Å²) in [6.45, 7) is -3.44. The highest BCUT2D eigenvalue weighted by Gasteiger charge is 2.61. The third-order valence-electron chi connectivity index (χ3n) is 0.535. The predicted molar refractivity (Wildman–Crippen MR) is 17.5 cm³/mol. The maximum Gasteiger partial charge on any atom is 0.483 e. The van der Waals surface area contributed by atoms with Crippen molar-refractivity contribution in [1.82, 2.24) is 0 Å². The summed E-state index contributed by atoms with van der Waals surface area (Å²) in [5.74, 6) is 0. The highest BCUT2D eigenvalue weighted by molar-refractivity contribution is 4.65. The van der Waals surface area contributed by atoms with Gasteiger partial charge in [-0.2, -0.15) is 30.7 Å². The Balaban J connectivity index is 4.22. The topological polar surface area (TPSA) is 9.23 Å². The second kappa shape index (κ2) is 2.84. The lowest BCUT2D eigenvalue weighted by atomic mass is 10.6. The average molecular weight is 185 g/mol. The van der Waals surface area contributed by atoms with Crippen molar-refractivity contribution in [2.24, 2.45) is 0 Å². The van der Waals surface area contributed by atoms with Gasteiger partial charge in [0.1, 0.15) is 0 Å². The van der Waals surface area contributed by atoms with E-state index in [1.807, 2.05) is 4.74 Å². The van der Waals surface area contributed by atoms with Crippen molar-refractivity contribution in [2.75, 3.05) is 0 Å². The Hall–Kier alpha value is -0.530. The van der Waals surface area contributed by atoms with Gasteiger partial charge in [-0.3, -0.25) is 0 Å². The molecule has 0 amide bonds. The molecule has 0 atom stereocenters. The maximum atomic E-state index is 11.3. The monoisotopic (exact) mass is 185 g/mol. The summed E-state index contributed by atoms with van der Waals surface area (Å²) in [4.78, 5) is 0. The summed E-state index contributed by atoms with van der Waals surface area (Å²) in [7, 11) is 0. The molecule has 0 aromatic carbocycles. The molecule has 0 spiro atoms. The maximum absolute atomic E-state index is 11.3. The van der Waals surface area contributed by atoms with Gasteiger partial charge in [-0.25, -0.2) is 4.74 Å². The lowest BCUT2D eigenvalue weighted by Gasteiger charge is -2.17. The molecule has 1 radical (unpaired) electrons. The van der Waals surface area contributed by atoms with E-state index in [1.165, 1.54) is 0 Å². The van der Waals surface area contributed by atoms with Crippen molar-refractivity contribution in [1.29, 1.82) is 0 Å². The quantitative estimate of drug-likeness (QED) is 0.600. The van der Waals surface area contributed by atoms with Gasteiger partial charge < -0.3 is 0 Å². The van der Waals surface area contributed by atoms with Crippen LogP contribution in [-0.2, 0) is 4.74 Å². The molecule has 1 nitrogen and oxygen atoms in total. The summed E-state index contributed by atoms with van der Waals surface area (Å²) in [5.41, 5.74) is 0. The van der Waals surface area contributed by atoms with Crippen LogP contribution in [0.3, 0.4) is 0 Å². The molecule has 0 rings (SSSR count). The van der Waals surface area contributed by atoms with Gasteiger partial charge in [-0.05, 0) is 0 Å². The Morgan fingerprint density at radius 3 is 1.36 bits per heavy atom. The number of ether oxygens (including phenoxy) is 1. The molecule has 0 saturated carbocycles. The van der Waals surface area contributed by atoms with E-state index < -0.39 is 18.9 Å². The Morgan fingerprint density at radius 2 is 1.27 bits per heavy atom. The molecule has 0 saturated heterocycles. The van der Waals surface area contributed by atoms with Gasteiger partial charge in [0.2, 0.25) is 0 Å². The molecule has 0 aliphatic heterocycles. The number of hydrogen-bond donors (Lipinski definition) is 0. The standard InChI is InChI=1S/C3F7O/c4-1(5)11-3(9,10)2(6,7)8. The largest absolute Gasteiger partial charge is 0.483 e. The fourth-order valence-electron chi connectivity index (χ4n) is 0.155. The van der Waals surface area contributed by atoms with Crippen molar-refractivity contribution in [2.45, 2.75) is 12.3 Å². The van der Waals surface area contributed by atoms with E-state index in [1.54, 1.807) is 0 Å². The summed E-state index contributed by atoms with van der Waals surface area (Å²) in [6.07, 6.45) is -12.0. The van der Waals surface area contributed by atoms with E-state index in [0.29, 0.717) is 0 Å². The Bertz CT molecular complexity index is 126. The zero-order valence-corrected chi connectivity index (χ0v) is 4.55. The van der Waals surface area contributed by atoms with Crippen LogP contribution in [0.4, 0.5) is 30.7 Å². The predicted octanol–water partition coefficient (Wildman–Crippen LogP) is 2.54. The number of halogens is 7. The van der Waals surface area contributed by atoms with E-state index >= 15 is 0 Å². The molecule has 0 aromatic heterocycles. The van der Waals surface area contributed by atoms with E-state index in [9.17, 15) is 30.7 Å². The van der Waals surface area contributed by atoms with Crippen molar-refractivity contribution in [3.63, 3.8) is 0 Å². The normalized spacial score (nSPS) is 14.2. The van der Waals surface area contributed by atoms with E-state index in [0.717, 1.165) is 0 Å². The van der Waals surface area contributed by atoms with Crippen molar-refractivity contribution < 1.29 is 35.5 Å². The highest BCUT2D eigenvalue weighted by Crippen LogP contribution is 2.38. The van der Waals surface area contributed by atoms with Crippen LogP contribution in [0.1, 0.15) is 0 Å². The summed E-state index contributed by atoms with van der Waals surface area (Å²) < 4.78 is 79.1. The van der Waals surface area contributed by atoms with Gasteiger partial charge in [-0.15, -0.1) is 0 Å². The number of rotatable bonds is 2. The van der Waals surface area contributed by atoms with Crippen LogP contribution in [0.5, 0.6) is 0 Å². The van der Waals surface area contributed by atoms with Gasteiger partial charge in [0.25, 0.3) is 0 Å². The molecule has 0 aromatic rings. The van der Waals surface area contributed by atoms with Gasteiger partial charge in [-0.1, -0.05) is 0 Å².